The van der Waals surface area contributed by atoms with Crippen LogP contribution >= 0.6 is 0 Å². The first kappa shape index (κ1) is 19.6. The molecule has 5 nitrogen and oxygen atoms in total. The lowest BCUT2D eigenvalue weighted by atomic mass is 10.1. The van der Waals surface area contributed by atoms with Gasteiger partial charge < -0.3 is 5.32 Å². The quantitative estimate of drug-likeness (QED) is 0.667. The SMILES string of the molecule is C=C(CC)n1cc2c(NCc3cccc(C(F)F)c3F)nc(C)nc2cc1=O. The minimum atomic E-state index is -2.89. The second-order valence-electron chi connectivity index (χ2n) is 6.29. The standard InChI is InChI=1S/C20H19F3N4O/c1-4-11(2)27-10-15-16(8-17(27)28)25-12(3)26-20(15)24-9-13-6-5-7-14(18(13)21)19(22)23/h5-8,10,19H,2,4,9H2,1,3H3,(H,24,25,26). The summed E-state index contributed by atoms with van der Waals surface area (Å²) in [4.78, 5) is 20.9. The van der Waals surface area contributed by atoms with E-state index < -0.39 is 17.8 Å². The average Bonchev–Trinajstić information content (AvgIpc) is 2.65. The van der Waals surface area contributed by atoms with Crippen molar-refractivity contribution in [3.63, 3.8) is 0 Å². The molecule has 2 aromatic heterocycles. The number of hydrogen-bond acceptors (Lipinski definition) is 4. The molecule has 2 heterocycles. The highest BCUT2D eigenvalue weighted by Crippen LogP contribution is 2.25. The van der Waals surface area contributed by atoms with Crippen LogP contribution < -0.4 is 10.9 Å². The van der Waals surface area contributed by atoms with Crippen LogP contribution in [-0.4, -0.2) is 14.5 Å². The molecule has 0 aliphatic heterocycles. The van der Waals surface area contributed by atoms with Crippen molar-refractivity contribution in [3.8, 4) is 0 Å². The van der Waals surface area contributed by atoms with Gasteiger partial charge >= 0.3 is 0 Å². The van der Waals surface area contributed by atoms with Crippen molar-refractivity contribution in [2.45, 2.75) is 33.2 Å². The summed E-state index contributed by atoms with van der Waals surface area (Å²) in [5, 5.41) is 3.52. The van der Waals surface area contributed by atoms with Gasteiger partial charge in [-0.15, -0.1) is 0 Å². The Morgan fingerprint density at radius 1 is 1.32 bits per heavy atom. The van der Waals surface area contributed by atoms with E-state index in [2.05, 4.69) is 21.9 Å². The summed E-state index contributed by atoms with van der Waals surface area (Å²) in [6.45, 7) is 7.36. The molecule has 1 aromatic carbocycles. The van der Waals surface area contributed by atoms with E-state index in [1.54, 1.807) is 13.1 Å². The molecule has 3 rings (SSSR count). The lowest BCUT2D eigenvalue weighted by Crippen LogP contribution is -2.18. The minimum absolute atomic E-state index is 0.0498. The fraction of sp³-hybridized carbons (Fsp3) is 0.250. The molecular formula is C20H19F3N4O. The maximum atomic E-state index is 14.3. The molecule has 0 aliphatic rings. The van der Waals surface area contributed by atoms with Gasteiger partial charge in [0, 0.05) is 30.1 Å². The van der Waals surface area contributed by atoms with Gasteiger partial charge in [-0.25, -0.2) is 23.1 Å². The van der Waals surface area contributed by atoms with Gasteiger partial charge in [-0.2, -0.15) is 0 Å². The van der Waals surface area contributed by atoms with Crippen molar-refractivity contribution < 1.29 is 13.2 Å². The van der Waals surface area contributed by atoms with Crippen molar-refractivity contribution in [1.82, 2.24) is 14.5 Å². The largest absolute Gasteiger partial charge is 0.365 e. The average molecular weight is 388 g/mol. The van der Waals surface area contributed by atoms with Gasteiger partial charge in [0.25, 0.3) is 12.0 Å². The van der Waals surface area contributed by atoms with Crippen LogP contribution in [-0.2, 0) is 6.54 Å². The summed E-state index contributed by atoms with van der Waals surface area (Å²) < 4.78 is 41.5. The molecule has 0 amide bonds. The van der Waals surface area contributed by atoms with E-state index in [0.717, 1.165) is 6.07 Å². The molecule has 146 valence electrons. The molecular weight excluding hydrogens is 369 g/mol. The predicted octanol–water partition coefficient (Wildman–Crippen LogP) is 4.67. The molecule has 0 radical (unpaired) electrons. The number of hydrogen-bond donors (Lipinski definition) is 1. The molecule has 0 atom stereocenters. The molecule has 0 saturated carbocycles. The van der Waals surface area contributed by atoms with Gasteiger partial charge in [-0.1, -0.05) is 31.7 Å². The Morgan fingerprint density at radius 2 is 2.07 bits per heavy atom. The number of alkyl halides is 2. The van der Waals surface area contributed by atoms with Gasteiger partial charge in [0.2, 0.25) is 0 Å². The van der Waals surface area contributed by atoms with Crippen molar-refractivity contribution in [3.05, 3.63) is 70.2 Å². The van der Waals surface area contributed by atoms with E-state index >= 15 is 0 Å². The molecule has 0 fully saturated rings. The zero-order chi connectivity index (χ0) is 20.4. The van der Waals surface area contributed by atoms with Crippen molar-refractivity contribution in [2.24, 2.45) is 0 Å². The molecule has 8 heteroatoms. The van der Waals surface area contributed by atoms with Gasteiger partial charge in [-0.05, 0) is 13.3 Å². The summed E-state index contributed by atoms with van der Waals surface area (Å²) in [5.74, 6) is -0.151. The van der Waals surface area contributed by atoms with Crippen LogP contribution in [0.4, 0.5) is 19.0 Å². The number of allylic oxidation sites excluding steroid dienone is 1. The summed E-state index contributed by atoms with van der Waals surface area (Å²) in [5.41, 5.74) is 0.222. The van der Waals surface area contributed by atoms with E-state index in [1.165, 1.54) is 22.8 Å². The molecule has 0 aliphatic carbocycles. The second-order valence-corrected chi connectivity index (χ2v) is 6.29. The highest BCUT2D eigenvalue weighted by atomic mass is 19.3. The van der Waals surface area contributed by atoms with Gasteiger partial charge in [0.15, 0.2) is 0 Å². The van der Waals surface area contributed by atoms with E-state index in [4.69, 9.17) is 0 Å². The Hall–Kier alpha value is -3.16. The number of anilines is 1. The van der Waals surface area contributed by atoms with Crippen LogP contribution in [0.3, 0.4) is 0 Å². The number of aryl methyl sites for hydroxylation is 1. The Labute approximate surface area is 159 Å². The zero-order valence-corrected chi connectivity index (χ0v) is 15.5. The van der Waals surface area contributed by atoms with E-state index in [9.17, 15) is 18.0 Å². The monoisotopic (exact) mass is 388 g/mol. The normalized spacial score (nSPS) is 11.2. The first-order valence-corrected chi connectivity index (χ1v) is 8.70. The van der Waals surface area contributed by atoms with Gasteiger partial charge in [0.05, 0.1) is 16.5 Å². The number of halogens is 3. The summed E-state index contributed by atoms with van der Waals surface area (Å²) in [6.07, 6.45) is -0.736. The molecule has 0 unspecified atom stereocenters. The first-order chi connectivity index (χ1) is 13.3. The fourth-order valence-electron chi connectivity index (χ4n) is 2.86. The number of nitrogens with one attached hydrogen (secondary N) is 1. The minimum Gasteiger partial charge on any atom is -0.365 e. The highest BCUT2D eigenvalue weighted by molar-refractivity contribution is 5.88. The van der Waals surface area contributed by atoms with Gasteiger partial charge in [-0.3, -0.25) is 9.36 Å². The fourth-order valence-corrected chi connectivity index (χ4v) is 2.86. The number of benzene rings is 1. The van der Waals surface area contributed by atoms with Crippen LogP contribution in [0.1, 0.15) is 36.7 Å². The van der Waals surface area contributed by atoms with E-state index in [0.29, 0.717) is 34.7 Å². The third kappa shape index (κ3) is 3.76. The lowest BCUT2D eigenvalue weighted by molar-refractivity contribution is 0.146. The predicted molar refractivity (Wildman–Crippen MR) is 103 cm³/mol. The van der Waals surface area contributed by atoms with Crippen LogP contribution in [0.15, 0.2) is 41.8 Å². The Morgan fingerprint density at radius 3 is 2.75 bits per heavy atom. The number of aromatic nitrogens is 3. The van der Waals surface area contributed by atoms with Crippen molar-refractivity contribution in [2.75, 3.05) is 5.32 Å². The van der Waals surface area contributed by atoms with Crippen LogP contribution in [0.25, 0.3) is 16.6 Å². The highest BCUT2D eigenvalue weighted by Gasteiger charge is 2.16. The number of pyridine rings is 1. The number of rotatable bonds is 6. The lowest BCUT2D eigenvalue weighted by Gasteiger charge is -2.13. The maximum absolute atomic E-state index is 14.3. The topological polar surface area (TPSA) is 59.8 Å². The van der Waals surface area contributed by atoms with Crippen LogP contribution in [0.5, 0.6) is 0 Å². The third-order valence-corrected chi connectivity index (χ3v) is 4.38. The van der Waals surface area contributed by atoms with Crippen molar-refractivity contribution in [1.29, 1.82) is 0 Å². The molecule has 1 N–H and O–H groups in total. The third-order valence-electron chi connectivity index (χ3n) is 4.38. The van der Waals surface area contributed by atoms with E-state index in [1.807, 2.05) is 6.92 Å². The molecule has 0 saturated heterocycles. The number of fused-ring (bicyclic) bond motifs is 1. The summed E-state index contributed by atoms with van der Waals surface area (Å²) >= 11 is 0. The molecule has 0 spiro atoms. The molecule has 28 heavy (non-hydrogen) atoms. The summed E-state index contributed by atoms with van der Waals surface area (Å²) in [6, 6.07) is 5.25. The Bertz CT molecular complexity index is 1110. The number of nitrogens with zero attached hydrogens (tertiary/aromatic N) is 3. The second kappa shape index (κ2) is 7.84. The smallest absolute Gasteiger partial charge is 0.266 e. The van der Waals surface area contributed by atoms with E-state index in [-0.39, 0.29) is 17.7 Å². The Balaban J connectivity index is 2.02. The zero-order valence-electron chi connectivity index (χ0n) is 15.5. The molecule has 0 bridgehead atoms. The van der Waals surface area contributed by atoms with Crippen molar-refractivity contribution >= 4 is 22.4 Å². The Kier molecular flexibility index (Phi) is 5.48. The van der Waals surface area contributed by atoms with Gasteiger partial charge in [0.1, 0.15) is 17.5 Å². The maximum Gasteiger partial charge on any atom is 0.266 e. The summed E-state index contributed by atoms with van der Waals surface area (Å²) in [7, 11) is 0. The first-order valence-electron chi connectivity index (χ1n) is 8.70. The van der Waals surface area contributed by atoms with Crippen LogP contribution in [0, 0.1) is 12.7 Å². The molecule has 3 aromatic rings. The van der Waals surface area contributed by atoms with Crippen LogP contribution in [0.2, 0.25) is 0 Å².